The molecule has 1 aliphatic rings. The van der Waals surface area contributed by atoms with Crippen molar-refractivity contribution >= 4 is 11.4 Å². The average Bonchev–Trinajstić information content (AvgIpc) is 2.76. The number of rotatable bonds is 4. The first-order valence-corrected chi connectivity index (χ1v) is 8.08. The maximum atomic E-state index is 3.27. The molecule has 2 nitrogen and oxygen atoms in total. The van der Waals surface area contributed by atoms with Gasteiger partial charge in [0.25, 0.3) is 0 Å². The van der Waals surface area contributed by atoms with Crippen molar-refractivity contribution in [3.8, 4) is 0 Å². The predicted molar refractivity (Wildman–Crippen MR) is 100 cm³/mol. The molecule has 3 rings (SSSR count). The van der Waals surface area contributed by atoms with Crippen LogP contribution in [0.3, 0.4) is 0 Å². The molecule has 1 atom stereocenters. The second-order valence-electron chi connectivity index (χ2n) is 6.55. The average molecular weight is 304 g/mol. The van der Waals surface area contributed by atoms with Crippen molar-refractivity contribution in [3.05, 3.63) is 84.6 Å². The number of nitrogens with one attached hydrogen (secondary N) is 1. The Labute approximate surface area is 139 Å². The molecular formula is C21H24N2. The Kier molecular flexibility index (Phi) is 4.24. The number of nitrogens with zero attached hydrogens (tertiary/aromatic N) is 1. The maximum Gasteiger partial charge on any atom is 0.0565 e. The standard InChI is InChI=1S/C21H24N2/c1-21(2)18-13-7-8-14-19(18)23(3)20(21)15-9-10-16-22-17-11-5-4-6-12-17/h4-16,20,22H,1-3H3/b15-9+,16-10+. The third kappa shape index (κ3) is 3.02. The zero-order valence-electron chi connectivity index (χ0n) is 14.0. The molecule has 118 valence electrons. The summed E-state index contributed by atoms with van der Waals surface area (Å²) in [6, 6.07) is 19.2. The molecule has 2 aromatic carbocycles. The summed E-state index contributed by atoms with van der Waals surface area (Å²) in [5.74, 6) is 0. The Morgan fingerprint density at radius 3 is 2.39 bits per heavy atom. The number of allylic oxidation sites excluding steroid dienone is 2. The summed E-state index contributed by atoms with van der Waals surface area (Å²) in [4.78, 5) is 2.37. The van der Waals surface area contributed by atoms with Gasteiger partial charge in [-0.15, -0.1) is 0 Å². The monoisotopic (exact) mass is 304 g/mol. The molecule has 1 unspecified atom stereocenters. The van der Waals surface area contributed by atoms with E-state index < -0.39 is 0 Å². The van der Waals surface area contributed by atoms with Crippen molar-refractivity contribution in [2.75, 3.05) is 17.3 Å². The van der Waals surface area contributed by atoms with Gasteiger partial charge in [0.1, 0.15) is 0 Å². The Morgan fingerprint density at radius 2 is 1.65 bits per heavy atom. The molecule has 2 heteroatoms. The number of benzene rings is 2. The van der Waals surface area contributed by atoms with E-state index in [1.54, 1.807) is 0 Å². The Bertz CT molecular complexity index is 714. The molecule has 0 spiro atoms. The number of para-hydroxylation sites is 2. The van der Waals surface area contributed by atoms with E-state index in [1.807, 2.05) is 24.4 Å². The molecule has 0 aliphatic carbocycles. The Balaban J connectivity index is 1.68. The van der Waals surface area contributed by atoms with Crippen LogP contribution in [0.5, 0.6) is 0 Å². The molecule has 0 amide bonds. The number of hydrogen-bond acceptors (Lipinski definition) is 2. The van der Waals surface area contributed by atoms with E-state index in [0.717, 1.165) is 5.69 Å². The molecule has 0 bridgehead atoms. The third-order valence-electron chi connectivity index (χ3n) is 4.66. The van der Waals surface area contributed by atoms with Gasteiger partial charge in [0.05, 0.1) is 6.04 Å². The van der Waals surface area contributed by atoms with Gasteiger partial charge < -0.3 is 10.2 Å². The summed E-state index contributed by atoms with van der Waals surface area (Å²) in [6.45, 7) is 4.63. The normalized spacial score (nSPS) is 19.4. The van der Waals surface area contributed by atoms with Crippen molar-refractivity contribution in [1.82, 2.24) is 0 Å². The minimum Gasteiger partial charge on any atom is -0.367 e. The van der Waals surface area contributed by atoms with Crippen molar-refractivity contribution in [1.29, 1.82) is 0 Å². The van der Waals surface area contributed by atoms with Crippen molar-refractivity contribution in [2.24, 2.45) is 0 Å². The molecule has 2 aromatic rings. The zero-order valence-corrected chi connectivity index (χ0v) is 14.0. The number of anilines is 2. The number of likely N-dealkylation sites (N-methyl/N-ethyl adjacent to an activating group) is 1. The topological polar surface area (TPSA) is 15.3 Å². The predicted octanol–water partition coefficient (Wildman–Crippen LogP) is 4.96. The Hall–Kier alpha value is -2.48. The molecule has 1 aliphatic heterocycles. The fourth-order valence-electron chi connectivity index (χ4n) is 3.39. The fraction of sp³-hybridized carbons (Fsp3) is 0.238. The SMILES string of the molecule is CN1c2ccccc2C(C)(C)C1/C=C/C=C/Nc1ccccc1. The fourth-order valence-corrected chi connectivity index (χ4v) is 3.39. The van der Waals surface area contributed by atoms with Crippen LogP contribution >= 0.6 is 0 Å². The van der Waals surface area contributed by atoms with Gasteiger partial charge in [-0.05, 0) is 29.8 Å². The first-order chi connectivity index (χ1) is 11.1. The van der Waals surface area contributed by atoms with Crippen LogP contribution in [0.2, 0.25) is 0 Å². The lowest BCUT2D eigenvalue weighted by molar-refractivity contribution is 0.488. The summed E-state index contributed by atoms with van der Waals surface area (Å²) in [5, 5.41) is 3.27. The van der Waals surface area contributed by atoms with Gasteiger partial charge in [-0.1, -0.05) is 62.4 Å². The second kappa shape index (κ2) is 6.33. The molecule has 1 N–H and O–H groups in total. The Morgan fingerprint density at radius 1 is 0.957 bits per heavy atom. The van der Waals surface area contributed by atoms with Gasteiger partial charge in [-0.3, -0.25) is 0 Å². The highest BCUT2D eigenvalue weighted by molar-refractivity contribution is 5.64. The number of hydrogen-bond donors (Lipinski definition) is 1. The molecule has 0 saturated heterocycles. The van der Waals surface area contributed by atoms with Gasteiger partial charge in [0.2, 0.25) is 0 Å². The molecule has 1 heterocycles. The van der Waals surface area contributed by atoms with Gasteiger partial charge in [0.15, 0.2) is 0 Å². The summed E-state index contributed by atoms with van der Waals surface area (Å²) in [6.07, 6.45) is 8.44. The first kappa shape index (κ1) is 15.4. The van der Waals surface area contributed by atoms with Crippen LogP contribution in [0.4, 0.5) is 11.4 Å². The lowest BCUT2D eigenvalue weighted by Crippen LogP contribution is -2.37. The van der Waals surface area contributed by atoms with Crippen LogP contribution < -0.4 is 10.2 Å². The number of fused-ring (bicyclic) bond motifs is 1. The van der Waals surface area contributed by atoms with Crippen molar-refractivity contribution in [2.45, 2.75) is 25.3 Å². The van der Waals surface area contributed by atoms with E-state index in [0.29, 0.717) is 6.04 Å². The van der Waals surface area contributed by atoms with E-state index in [-0.39, 0.29) is 5.41 Å². The van der Waals surface area contributed by atoms with Crippen LogP contribution in [-0.2, 0) is 5.41 Å². The van der Waals surface area contributed by atoms with E-state index in [9.17, 15) is 0 Å². The van der Waals surface area contributed by atoms with Crippen molar-refractivity contribution < 1.29 is 0 Å². The van der Waals surface area contributed by atoms with Gasteiger partial charge >= 0.3 is 0 Å². The van der Waals surface area contributed by atoms with E-state index in [1.165, 1.54) is 11.3 Å². The summed E-state index contributed by atoms with van der Waals surface area (Å²) < 4.78 is 0. The van der Waals surface area contributed by atoms with Crippen LogP contribution in [0.25, 0.3) is 0 Å². The highest BCUT2D eigenvalue weighted by Gasteiger charge is 2.40. The highest BCUT2D eigenvalue weighted by Crippen LogP contribution is 2.44. The minimum atomic E-state index is 0.114. The van der Waals surface area contributed by atoms with Gasteiger partial charge in [-0.25, -0.2) is 0 Å². The molecular weight excluding hydrogens is 280 g/mol. The zero-order chi connectivity index (χ0) is 16.3. The largest absolute Gasteiger partial charge is 0.367 e. The quantitative estimate of drug-likeness (QED) is 0.803. The maximum absolute atomic E-state index is 3.27. The van der Waals surface area contributed by atoms with Gasteiger partial charge in [0, 0.05) is 30.0 Å². The van der Waals surface area contributed by atoms with Crippen LogP contribution in [-0.4, -0.2) is 13.1 Å². The van der Waals surface area contributed by atoms with E-state index in [2.05, 4.69) is 85.7 Å². The van der Waals surface area contributed by atoms with Crippen LogP contribution in [0.15, 0.2) is 79.0 Å². The van der Waals surface area contributed by atoms with Crippen LogP contribution in [0.1, 0.15) is 19.4 Å². The summed E-state index contributed by atoms with van der Waals surface area (Å²) in [7, 11) is 2.18. The lowest BCUT2D eigenvalue weighted by Gasteiger charge is -2.29. The lowest BCUT2D eigenvalue weighted by atomic mass is 9.80. The van der Waals surface area contributed by atoms with E-state index >= 15 is 0 Å². The highest BCUT2D eigenvalue weighted by atomic mass is 15.2. The molecule has 0 aromatic heterocycles. The second-order valence-corrected chi connectivity index (χ2v) is 6.55. The molecule has 0 fully saturated rings. The summed E-state index contributed by atoms with van der Waals surface area (Å²) >= 11 is 0. The molecule has 0 saturated carbocycles. The van der Waals surface area contributed by atoms with Crippen LogP contribution in [0, 0.1) is 0 Å². The molecule has 0 radical (unpaired) electrons. The van der Waals surface area contributed by atoms with Crippen molar-refractivity contribution in [3.63, 3.8) is 0 Å². The van der Waals surface area contributed by atoms with Gasteiger partial charge in [-0.2, -0.15) is 0 Å². The first-order valence-electron chi connectivity index (χ1n) is 8.08. The third-order valence-corrected chi connectivity index (χ3v) is 4.66. The molecule has 23 heavy (non-hydrogen) atoms. The minimum absolute atomic E-state index is 0.114. The summed E-state index contributed by atoms with van der Waals surface area (Å²) in [5.41, 5.74) is 3.97. The van der Waals surface area contributed by atoms with E-state index in [4.69, 9.17) is 0 Å². The smallest absolute Gasteiger partial charge is 0.0565 e.